The van der Waals surface area contributed by atoms with E-state index in [9.17, 15) is 9.18 Å². The van der Waals surface area contributed by atoms with Crippen LogP contribution in [-0.4, -0.2) is 16.1 Å². The van der Waals surface area contributed by atoms with Gasteiger partial charge in [0.15, 0.2) is 0 Å². The zero-order chi connectivity index (χ0) is 16.9. The second-order valence-corrected chi connectivity index (χ2v) is 5.37. The van der Waals surface area contributed by atoms with Gasteiger partial charge in [-0.1, -0.05) is 18.2 Å². The minimum atomic E-state index is -0.345. The highest BCUT2D eigenvalue weighted by Gasteiger charge is 2.12. The molecule has 0 aliphatic rings. The minimum absolute atomic E-state index is 0.197. The molecule has 0 aliphatic heterocycles. The fraction of sp³-hybridized carbons (Fsp3) is 0.167. The number of anilines is 1. The molecular weight excluding hydrogens is 309 g/mol. The first-order valence-corrected chi connectivity index (χ1v) is 7.55. The van der Waals surface area contributed by atoms with Crippen LogP contribution < -0.4 is 5.32 Å². The maximum absolute atomic E-state index is 12.8. The summed E-state index contributed by atoms with van der Waals surface area (Å²) in [4.78, 5) is 11.9. The molecular formula is C18H16FN3O2. The van der Waals surface area contributed by atoms with Gasteiger partial charge in [0.1, 0.15) is 5.82 Å². The summed E-state index contributed by atoms with van der Waals surface area (Å²) in [5.74, 6) is 0.310. The molecule has 24 heavy (non-hydrogen) atoms. The Morgan fingerprint density at radius 3 is 2.62 bits per heavy atom. The van der Waals surface area contributed by atoms with Crippen molar-refractivity contribution >= 4 is 11.6 Å². The highest BCUT2D eigenvalue weighted by atomic mass is 19.1. The van der Waals surface area contributed by atoms with Crippen molar-refractivity contribution in [2.75, 3.05) is 5.32 Å². The van der Waals surface area contributed by atoms with Gasteiger partial charge in [-0.3, -0.25) is 4.79 Å². The highest BCUT2D eigenvalue weighted by molar-refractivity contribution is 5.90. The molecule has 0 bridgehead atoms. The summed E-state index contributed by atoms with van der Waals surface area (Å²) >= 11 is 0. The summed E-state index contributed by atoms with van der Waals surface area (Å²) in [5, 5.41) is 10.7. The third kappa shape index (κ3) is 3.84. The molecule has 1 amide bonds. The van der Waals surface area contributed by atoms with Crippen molar-refractivity contribution in [2.45, 2.75) is 19.8 Å². The van der Waals surface area contributed by atoms with Gasteiger partial charge in [0.05, 0.1) is 0 Å². The van der Waals surface area contributed by atoms with E-state index < -0.39 is 0 Å². The van der Waals surface area contributed by atoms with Crippen LogP contribution in [-0.2, 0) is 11.2 Å². The average molecular weight is 325 g/mol. The number of amides is 1. The lowest BCUT2D eigenvalue weighted by Gasteiger charge is -2.03. The van der Waals surface area contributed by atoms with Gasteiger partial charge in [-0.2, -0.15) is 0 Å². The van der Waals surface area contributed by atoms with Crippen LogP contribution in [0.25, 0.3) is 11.5 Å². The lowest BCUT2D eigenvalue weighted by Crippen LogP contribution is -2.12. The zero-order valence-corrected chi connectivity index (χ0v) is 13.1. The summed E-state index contributed by atoms with van der Waals surface area (Å²) in [6, 6.07) is 13.3. The zero-order valence-electron chi connectivity index (χ0n) is 13.1. The lowest BCUT2D eigenvalue weighted by molar-refractivity contribution is -0.116. The van der Waals surface area contributed by atoms with Gasteiger partial charge >= 0.3 is 0 Å². The van der Waals surface area contributed by atoms with Gasteiger partial charge < -0.3 is 9.73 Å². The summed E-state index contributed by atoms with van der Waals surface area (Å²) in [7, 11) is 0. The third-order valence-electron chi connectivity index (χ3n) is 3.54. The minimum Gasteiger partial charge on any atom is -0.421 e. The Bertz CT molecular complexity index is 843. The van der Waals surface area contributed by atoms with Crippen LogP contribution in [0.2, 0.25) is 0 Å². The molecule has 0 saturated carbocycles. The molecule has 6 heteroatoms. The van der Waals surface area contributed by atoms with Crippen molar-refractivity contribution in [3.8, 4) is 11.5 Å². The van der Waals surface area contributed by atoms with E-state index in [0.29, 0.717) is 23.9 Å². The van der Waals surface area contributed by atoms with Gasteiger partial charge in [-0.15, -0.1) is 10.2 Å². The quantitative estimate of drug-likeness (QED) is 0.775. The smallest absolute Gasteiger partial charge is 0.247 e. The maximum atomic E-state index is 12.8. The van der Waals surface area contributed by atoms with Crippen LogP contribution in [0.1, 0.15) is 17.9 Å². The number of benzene rings is 2. The molecule has 0 atom stereocenters. The van der Waals surface area contributed by atoms with Crippen LogP contribution in [0.15, 0.2) is 52.9 Å². The van der Waals surface area contributed by atoms with Crippen molar-refractivity contribution in [3.63, 3.8) is 0 Å². The Balaban J connectivity index is 1.58. The van der Waals surface area contributed by atoms with Crippen molar-refractivity contribution in [2.24, 2.45) is 0 Å². The summed E-state index contributed by atoms with van der Waals surface area (Å²) in [6.45, 7) is 1.97. The molecule has 3 rings (SSSR count). The number of carbonyl (C=O) groups is 1. The topological polar surface area (TPSA) is 68.0 Å². The third-order valence-corrected chi connectivity index (χ3v) is 3.54. The number of hydrogen-bond acceptors (Lipinski definition) is 4. The second kappa shape index (κ2) is 7.04. The van der Waals surface area contributed by atoms with Crippen LogP contribution in [0.4, 0.5) is 10.1 Å². The van der Waals surface area contributed by atoms with Crippen LogP contribution in [0, 0.1) is 12.7 Å². The fourth-order valence-electron chi connectivity index (χ4n) is 2.25. The Morgan fingerprint density at radius 1 is 1.12 bits per heavy atom. The van der Waals surface area contributed by atoms with Gasteiger partial charge in [0.2, 0.25) is 17.7 Å². The van der Waals surface area contributed by atoms with E-state index in [1.54, 1.807) is 0 Å². The Morgan fingerprint density at radius 2 is 1.88 bits per heavy atom. The molecule has 3 aromatic rings. The fourth-order valence-corrected chi connectivity index (χ4v) is 2.25. The molecule has 0 unspecified atom stereocenters. The number of hydrogen-bond donors (Lipinski definition) is 1. The molecule has 0 fully saturated rings. The number of halogens is 1. The molecule has 0 radical (unpaired) electrons. The van der Waals surface area contributed by atoms with E-state index in [1.165, 1.54) is 24.3 Å². The van der Waals surface area contributed by atoms with E-state index in [-0.39, 0.29) is 18.1 Å². The Hall–Kier alpha value is -3.02. The molecule has 0 aliphatic carbocycles. The number of rotatable bonds is 5. The van der Waals surface area contributed by atoms with Gasteiger partial charge in [0.25, 0.3) is 0 Å². The second-order valence-electron chi connectivity index (χ2n) is 5.37. The van der Waals surface area contributed by atoms with E-state index in [0.717, 1.165) is 11.1 Å². The number of nitrogens with one attached hydrogen (secondary N) is 1. The molecule has 1 aromatic heterocycles. The number of carbonyl (C=O) groups excluding carboxylic acids is 1. The highest BCUT2D eigenvalue weighted by Crippen LogP contribution is 2.21. The molecule has 2 aromatic carbocycles. The summed E-state index contributed by atoms with van der Waals surface area (Å²) < 4.78 is 18.4. The first kappa shape index (κ1) is 15.9. The maximum Gasteiger partial charge on any atom is 0.247 e. The molecule has 0 spiro atoms. The molecule has 0 saturated heterocycles. The van der Waals surface area contributed by atoms with Crippen molar-refractivity contribution in [1.82, 2.24) is 10.2 Å². The molecule has 1 N–H and O–H groups in total. The van der Waals surface area contributed by atoms with Crippen LogP contribution >= 0.6 is 0 Å². The SMILES string of the molecule is Cc1ccccc1-c1nnc(CCC(=O)Nc2ccc(F)cc2)o1. The number of aryl methyl sites for hydroxylation is 2. The van der Waals surface area contributed by atoms with Gasteiger partial charge in [-0.25, -0.2) is 4.39 Å². The van der Waals surface area contributed by atoms with Gasteiger partial charge in [0, 0.05) is 24.1 Å². The van der Waals surface area contributed by atoms with Crippen LogP contribution in [0.5, 0.6) is 0 Å². The standard InChI is InChI=1S/C18H16FN3O2/c1-12-4-2-3-5-15(12)18-22-21-17(24-18)11-10-16(23)20-14-8-6-13(19)7-9-14/h2-9H,10-11H2,1H3,(H,20,23). The van der Waals surface area contributed by atoms with E-state index >= 15 is 0 Å². The largest absolute Gasteiger partial charge is 0.421 e. The predicted molar refractivity (Wildman–Crippen MR) is 87.8 cm³/mol. The normalized spacial score (nSPS) is 10.6. The summed E-state index contributed by atoms with van der Waals surface area (Å²) in [6.07, 6.45) is 0.540. The van der Waals surface area contributed by atoms with E-state index in [2.05, 4.69) is 15.5 Å². The van der Waals surface area contributed by atoms with E-state index in [4.69, 9.17) is 4.42 Å². The van der Waals surface area contributed by atoms with Crippen molar-refractivity contribution in [1.29, 1.82) is 0 Å². The first-order chi connectivity index (χ1) is 11.6. The van der Waals surface area contributed by atoms with Gasteiger partial charge in [-0.05, 0) is 42.8 Å². The number of aromatic nitrogens is 2. The lowest BCUT2D eigenvalue weighted by atomic mass is 10.1. The van der Waals surface area contributed by atoms with Crippen molar-refractivity contribution in [3.05, 3.63) is 65.8 Å². The average Bonchev–Trinajstić information content (AvgIpc) is 3.04. The Kier molecular flexibility index (Phi) is 4.65. The first-order valence-electron chi connectivity index (χ1n) is 7.55. The molecule has 5 nitrogen and oxygen atoms in total. The number of nitrogens with zero attached hydrogens (tertiary/aromatic N) is 2. The Labute approximate surface area is 138 Å². The summed E-state index contributed by atoms with van der Waals surface area (Å²) in [5.41, 5.74) is 2.47. The molecule has 122 valence electrons. The van der Waals surface area contributed by atoms with Crippen molar-refractivity contribution < 1.29 is 13.6 Å². The predicted octanol–water partition coefficient (Wildman–Crippen LogP) is 3.76. The molecule has 1 heterocycles. The van der Waals surface area contributed by atoms with E-state index in [1.807, 2.05) is 31.2 Å². The van der Waals surface area contributed by atoms with Crippen LogP contribution in [0.3, 0.4) is 0 Å². The monoisotopic (exact) mass is 325 g/mol.